The monoisotopic (exact) mass is 322 g/mol. The normalized spacial score (nSPS) is 11.8. The van der Waals surface area contributed by atoms with Crippen LogP contribution in [0.15, 0.2) is 18.2 Å². The summed E-state index contributed by atoms with van der Waals surface area (Å²) in [6.07, 6.45) is 0.536. The third-order valence-electron chi connectivity index (χ3n) is 2.29. The second-order valence-electron chi connectivity index (χ2n) is 3.85. The SMILES string of the molecule is CC(Cl)C(=O)NC(=O)NCCc1ccc(Cl)cc1Cl. The Bertz CT molecular complexity index is 478. The topological polar surface area (TPSA) is 58.2 Å². The van der Waals surface area contributed by atoms with Crippen molar-refractivity contribution < 1.29 is 9.59 Å². The van der Waals surface area contributed by atoms with Crippen LogP contribution >= 0.6 is 34.8 Å². The van der Waals surface area contributed by atoms with Crippen molar-refractivity contribution in [3.63, 3.8) is 0 Å². The molecule has 0 saturated carbocycles. The van der Waals surface area contributed by atoms with E-state index < -0.39 is 17.3 Å². The van der Waals surface area contributed by atoms with Crippen LogP contribution in [0.1, 0.15) is 12.5 Å². The summed E-state index contributed by atoms with van der Waals surface area (Å²) in [5.41, 5.74) is 0.864. The Hall–Kier alpha value is -0.970. The zero-order valence-electron chi connectivity index (χ0n) is 10.2. The van der Waals surface area contributed by atoms with Gasteiger partial charge in [0.05, 0.1) is 0 Å². The summed E-state index contributed by atoms with van der Waals surface area (Å²) in [6.45, 7) is 1.83. The van der Waals surface area contributed by atoms with Gasteiger partial charge in [-0.25, -0.2) is 4.79 Å². The van der Waals surface area contributed by atoms with E-state index in [-0.39, 0.29) is 0 Å². The molecule has 1 atom stereocenters. The van der Waals surface area contributed by atoms with Crippen LogP contribution in [0.5, 0.6) is 0 Å². The van der Waals surface area contributed by atoms with E-state index in [2.05, 4.69) is 10.6 Å². The number of alkyl halides is 1. The lowest BCUT2D eigenvalue weighted by Crippen LogP contribution is -2.42. The molecule has 7 heteroatoms. The third kappa shape index (κ3) is 5.68. The third-order valence-corrected chi connectivity index (χ3v) is 3.08. The fraction of sp³-hybridized carbons (Fsp3) is 0.333. The molecule has 0 aliphatic heterocycles. The van der Waals surface area contributed by atoms with Gasteiger partial charge in [0.15, 0.2) is 0 Å². The van der Waals surface area contributed by atoms with Crippen LogP contribution in [-0.4, -0.2) is 23.9 Å². The maximum absolute atomic E-state index is 11.3. The Kier molecular flexibility index (Phi) is 6.42. The zero-order chi connectivity index (χ0) is 14.4. The van der Waals surface area contributed by atoms with E-state index in [4.69, 9.17) is 34.8 Å². The van der Waals surface area contributed by atoms with Crippen molar-refractivity contribution in [2.24, 2.45) is 0 Å². The number of carbonyl (C=O) groups excluding carboxylic acids is 2. The predicted molar refractivity (Wildman–Crippen MR) is 77.0 cm³/mol. The van der Waals surface area contributed by atoms with E-state index in [9.17, 15) is 9.59 Å². The Balaban J connectivity index is 2.38. The molecule has 0 bridgehead atoms. The van der Waals surface area contributed by atoms with Crippen molar-refractivity contribution in [1.82, 2.24) is 10.6 Å². The summed E-state index contributed by atoms with van der Waals surface area (Å²) in [4.78, 5) is 22.5. The number of amides is 3. The highest BCUT2D eigenvalue weighted by Gasteiger charge is 2.12. The van der Waals surface area contributed by atoms with Gasteiger partial charge in [-0.05, 0) is 31.0 Å². The second-order valence-corrected chi connectivity index (χ2v) is 5.35. The molecule has 0 aliphatic carbocycles. The molecule has 0 aliphatic rings. The fourth-order valence-electron chi connectivity index (χ4n) is 1.29. The number of hydrogen-bond donors (Lipinski definition) is 2. The van der Waals surface area contributed by atoms with Crippen LogP contribution in [0.2, 0.25) is 10.0 Å². The van der Waals surface area contributed by atoms with E-state index in [1.165, 1.54) is 6.92 Å². The number of rotatable bonds is 4. The number of imide groups is 1. The highest BCUT2D eigenvalue weighted by molar-refractivity contribution is 6.35. The first-order valence-electron chi connectivity index (χ1n) is 5.57. The van der Waals surface area contributed by atoms with Crippen LogP contribution in [0, 0.1) is 0 Å². The molecule has 0 saturated heterocycles. The Labute approximate surface area is 126 Å². The molecular weight excluding hydrogens is 311 g/mol. The van der Waals surface area contributed by atoms with E-state index in [0.29, 0.717) is 23.0 Å². The van der Waals surface area contributed by atoms with Gasteiger partial charge in [0.2, 0.25) is 5.91 Å². The van der Waals surface area contributed by atoms with Gasteiger partial charge < -0.3 is 5.32 Å². The molecular formula is C12H13Cl3N2O2. The maximum Gasteiger partial charge on any atom is 0.321 e. The standard InChI is InChI=1S/C12H13Cl3N2O2/c1-7(13)11(18)17-12(19)16-5-4-8-2-3-9(14)6-10(8)15/h2-3,6-7H,4-5H2,1H3,(H2,16,17,18,19). The number of benzene rings is 1. The lowest BCUT2D eigenvalue weighted by atomic mass is 10.1. The summed E-state index contributed by atoms with van der Waals surface area (Å²) in [5.74, 6) is -0.538. The average Bonchev–Trinajstić information content (AvgIpc) is 2.31. The van der Waals surface area contributed by atoms with Gasteiger partial charge in [-0.15, -0.1) is 11.6 Å². The molecule has 2 N–H and O–H groups in total. The molecule has 0 spiro atoms. The molecule has 19 heavy (non-hydrogen) atoms. The van der Waals surface area contributed by atoms with Crippen molar-refractivity contribution in [2.45, 2.75) is 18.7 Å². The van der Waals surface area contributed by atoms with Gasteiger partial charge in [0, 0.05) is 16.6 Å². The van der Waals surface area contributed by atoms with Crippen molar-refractivity contribution in [1.29, 1.82) is 0 Å². The molecule has 1 rings (SSSR count). The molecule has 4 nitrogen and oxygen atoms in total. The number of halogens is 3. The van der Waals surface area contributed by atoms with E-state index >= 15 is 0 Å². The molecule has 0 aromatic heterocycles. The van der Waals surface area contributed by atoms with Crippen molar-refractivity contribution >= 4 is 46.7 Å². The predicted octanol–water partition coefficient (Wildman–Crippen LogP) is 2.99. The molecule has 3 amide bonds. The van der Waals surface area contributed by atoms with Crippen molar-refractivity contribution in [3.8, 4) is 0 Å². The zero-order valence-corrected chi connectivity index (χ0v) is 12.4. The van der Waals surface area contributed by atoms with E-state index in [1.807, 2.05) is 0 Å². The smallest absolute Gasteiger partial charge is 0.321 e. The minimum Gasteiger partial charge on any atom is -0.337 e. The largest absolute Gasteiger partial charge is 0.337 e. The first-order valence-corrected chi connectivity index (χ1v) is 6.76. The maximum atomic E-state index is 11.3. The molecule has 1 unspecified atom stereocenters. The Morgan fingerprint density at radius 3 is 2.58 bits per heavy atom. The number of urea groups is 1. The summed E-state index contributed by atoms with van der Waals surface area (Å²) < 4.78 is 0. The molecule has 1 aromatic rings. The first-order chi connectivity index (χ1) is 8.90. The minimum atomic E-state index is -0.753. The molecule has 0 heterocycles. The average molecular weight is 324 g/mol. The second kappa shape index (κ2) is 7.58. The molecule has 1 aromatic carbocycles. The lowest BCUT2D eigenvalue weighted by molar-refractivity contribution is -0.119. The lowest BCUT2D eigenvalue weighted by Gasteiger charge is -2.08. The van der Waals surface area contributed by atoms with Gasteiger partial charge in [-0.1, -0.05) is 29.3 Å². The van der Waals surface area contributed by atoms with Gasteiger partial charge in [0.1, 0.15) is 5.38 Å². The number of carbonyl (C=O) groups is 2. The molecule has 104 valence electrons. The summed E-state index contributed by atoms with van der Waals surface area (Å²) in [5, 5.41) is 5.00. The number of hydrogen-bond acceptors (Lipinski definition) is 2. The van der Waals surface area contributed by atoms with Crippen molar-refractivity contribution in [2.75, 3.05) is 6.54 Å². The van der Waals surface area contributed by atoms with Crippen LogP contribution in [-0.2, 0) is 11.2 Å². The Morgan fingerprint density at radius 2 is 2.00 bits per heavy atom. The van der Waals surface area contributed by atoms with E-state index in [0.717, 1.165) is 5.56 Å². The van der Waals surface area contributed by atoms with Gasteiger partial charge >= 0.3 is 6.03 Å². The van der Waals surface area contributed by atoms with Crippen LogP contribution < -0.4 is 10.6 Å². The van der Waals surface area contributed by atoms with E-state index in [1.54, 1.807) is 18.2 Å². The highest BCUT2D eigenvalue weighted by Crippen LogP contribution is 2.20. The van der Waals surface area contributed by atoms with Crippen LogP contribution in [0.4, 0.5) is 4.79 Å². The summed E-state index contributed by atoms with van der Waals surface area (Å²) in [7, 11) is 0. The van der Waals surface area contributed by atoms with Gasteiger partial charge in [-0.3, -0.25) is 10.1 Å². The first kappa shape index (κ1) is 16.1. The van der Waals surface area contributed by atoms with Crippen LogP contribution in [0.25, 0.3) is 0 Å². The summed E-state index contributed by atoms with van der Waals surface area (Å²) in [6, 6.07) is 4.57. The Morgan fingerprint density at radius 1 is 1.32 bits per heavy atom. The fourth-order valence-corrected chi connectivity index (χ4v) is 1.85. The highest BCUT2D eigenvalue weighted by atomic mass is 35.5. The van der Waals surface area contributed by atoms with Gasteiger partial charge in [-0.2, -0.15) is 0 Å². The summed E-state index contributed by atoms with van der Waals surface area (Å²) >= 11 is 17.3. The van der Waals surface area contributed by atoms with Crippen LogP contribution in [0.3, 0.4) is 0 Å². The quantitative estimate of drug-likeness (QED) is 0.837. The number of nitrogens with one attached hydrogen (secondary N) is 2. The van der Waals surface area contributed by atoms with Crippen molar-refractivity contribution in [3.05, 3.63) is 33.8 Å². The van der Waals surface area contributed by atoms with Gasteiger partial charge in [0.25, 0.3) is 0 Å². The minimum absolute atomic E-state index is 0.344. The molecule has 0 fully saturated rings. The molecule has 0 radical (unpaired) electrons.